The van der Waals surface area contributed by atoms with Crippen LogP contribution in [0, 0.1) is 24.3 Å². The van der Waals surface area contributed by atoms with Gasteiger partial charge < -0.3 is 25.4 Å². The number of hydrogen-bond acceptors (Lipinski definition) is 11. The number of aromatic nitrogens is 7. The fourth-order valence-electron chi connectivity index (χ4n) is 6.05. The van der Waals surface area contributed by atoms with Crippen LogP contribution in [0.2, 0.25) is 0 Å². The van der Waals surface area contributed by atoms with Gasteiger partial charge in [-0.15, -0.1) is 5.10 Å². The molecular weight excluding hydrogens is 538 g/mol. The first kappa shape index (κ1) is 26.4. The normalized spacial score (nSPS) is 26.0. The maximum atomic E-state index is 13.1. The highest BCUT2D eigenvalue weighted by Gasteiger charge is 2.57. The van der Waals surface area contributed by atoms with Gasteiger partial charge in [-0.1, -0.05) is 10.1 Å². The SMILES string of the molecule is C#[N+][C@@H]1C[C@@H]1COc1nc(C(=O)NC23CC(C2)C3)nc(N2CCC(COc3cc(-c4cn(C)nn4)cnc3N)CC2)n1. The number of carbonyl (C=O) groups is 1. The summed E-state index contributed by atoms with van der Waals surface area (Å²) >= 11 is 0. The summed E-state index contributed by atoms with van der Waals surface area (Å²) in [4.78, 5) is 36.8. The number of nitrogens with zero attached hydrogens (tertiary/aromatic N) is 9. The second-order valence-corrected chi connectivity index (χ2v) is 12.1. The molecule has 3 aromatic heterocycles. The van der Waals surface area contributed by atoms with Crippen molar-refractivity contribution in [3.63, 3.8) is 0 Å². The Balaban J connectivity index is 0.991. The minimum Gasteiger partial charge on any atom is -0.489 e. The van der Waals surface area contributed by atoms with E-state index in [1.165, 1.54) is 0 Å². The van der Waals surface area contributed by atoms with E-state index in [1.807, 2.05) is 19.3 Å². The van der Waals surface area contributed by atoms with Crippen molar-refractivity contribution in [2.24, 2.45) is 24.8 Å². The van der Waals surface area contributed by atoms with Crippen molar-refractivity contribution in [3.8, 4) is 29.6 Å². The molecule has 0 radical (unpaired) electrons. The van der Waals surface area contributed by atoms with Crippen molar-refractivity contribution >= 4 is 17.7 Å². The van der Waals surface area contributed by atoms with Gasteiger partial charge in [0.1, 0.15) is 12.3 Å². The van der Waals surface area contributed by atoms with E-state index in [0.717, 1.165) is 50.0 Å². The first-order valence-electron chi connectivity index (χ1n) is 14.5. The zero-order valence-electron chi connectivity index (χ0n) is 23.5. The highest BCUT2D eigenvalue weighted by Crippen LogP contribution is 2.57. The van der Waals surface area contributed by atoms with Crippen LogP contribution in [0.1, 0.15) is 49.1 Å². The number of rotatable bonds is 10. The molecule has 4 aliphatic carbocycles. The molecule has 0 aromatic carbocycles. The van der Waals surface area contributed by atoms with Crippen LogP contribution >= 0.6 is 0 Å². The molecule has 5 fully saturated rings. The predicted octanol–water partition coefficient (Wildman–Crippen LogP) is 1.95. The first-order chi connectivity index (χ1) is 20.4. The molecule has 14 nitrogen and oxygen atoms in total. The van der Waals surface area contributed by atoms with Crippen molar-refractivity contribution in [1.82, 2.24) is 40.2 Å². The zero-order valence-corrected chi connectivity index (χ0v) is 23.5. The average Bonchev–Trinajstić information content (AvgIpc) is 3.60. The van der Waals surface area contributed by atoms with Gasteiger partial charge in [0.05, 0.1) is 18.7 Å². The molecule has 4 saturated carbocycles. The molecule has 2 bridgehead atoms. The maximum absolute atomic E-state index is 13.1. The van der Waals surface area contributed by atoms with E-state index >= 15 is 0 Å². The van der Waals surface area contributed by atoms with Crippen LogP contribution < -0.4 is 25.4 Å². The third-order valence-electron chi connectivity index (χ3n) is 8.88. The number of anilines is 2. The lowest BCUT2D eigenvalue weighted by Gasteiger charge is -2.61. The molecule has 3 N–H and O–H groups in total. The summed E-state index contributed by atoms with van der Waals surface area (Å²) in [5.41, 5.74) is 7.50. The van der Waals surface area contributed by atoms with Gasteiger partial charge in [-0.25, -0.2) is 4.98 Å². The fraction of sp³-hybridized carbons (Fsp3) is 0.571. The number of ether oxygens (including phenoxy) is 2. The van der Waals surface area contributed by atoms with Crippen LogP contribution in [-0.2, 0) is 7.05 Å². The predicted molar refractivity (Wildman–Crippen MR) is 152 cm³/mol. The van der Waals surface area contributed by atoms with Gasteiger partial charge in [-0.3, -0.25) is 9.48 Å². The van der Waals surface area contributed by atoms with Crippen LogP contribution in [0.4, 0.5) is 11.8 Å². The Morgan fingerprint density at radius 2 is 2.00 bits per heavy atom. The number of aryl methyl sites for hydroxylation is 1. The average molecular weight is 573 g/mol. The number of pyridine rings is 1. The van der Waals surface area contributed by atoms with Crippen molar-refractivity contribution in [3.05, 3.63) is 29.1 Å². The number of hydrogen-bond donors (Lipinski definition) is 2. The Morgan fingerprint density at radius 1 is 1.19 bits per heavy atom. The third kappa shape index (κ3) is 5.26. The van der Waals surface area contributed by atoms with Gasteiger partial charge in [-0.05, 0) is 50.0 Å². The molecule has 3 aromatic rings. The minimum atomic E-state index is -0.277. The lowest BCUT2D eigenvalue weighted by Crippen LogP contribution is -2.68. The van der Waals surface area contributed by atoms with E-state index in [2.05, 4.69) is 45.3 Å². The quantitative estimate of drug-likeness (QED) is 0.365. The van der Waals surface area contributed by atoms with Gasteiger partial charge in [0, 0.05) is 43.9 Å². The second kappa shape index (κ2) is 10.4. The monoisotopic (exact) mass is 572 g/mol. The van der Waals surface area contributed by atoms with Crippen LogP contribution in [0.5, 0.6) is 11.8 Å². The molecule has 0 unspecified atom stereocenters. The lowest BCUT2D eigenvalue weighted by molar-refractivity contribution is -0.0441. The number of amides is 1. The molecule has 1 saturated heterocycles. The molecule has 1 amide bonds. The number of carbonyl (C=O) groups excluding carboxylic acids is 1. The summed E-state index contributed by atoms with van der Waals surface area (Å²) in [5, 5.41) is 11.3. The van der Waals surface area contributed by atoms with Crippen molar-refractivity contribution in [2.75, 3.05) is 36.9 Å². The first-order valence-corrected chi connectivity index (χ1v) is 14.5. The number of nitrogens with two attached hydrogens (primary N) is 1. The highest BCUT2D eigenvalue weighted by molar-refractivity contribution is 5.91. The third-order valence-corrected chi connectivity index (χ3v) is 8.88. The maximum Gasteiger partial charge on any atom is 0.321 e. The van der Waals surface area contributed by atoms with E-state index in [-0.39, 0.29) is 35.2 Å². The lowest BCUT2D eigenvalue weighted by atomic mass is 9.50. The largest absolute Gasteiger partial charge is 0.489 e. The molecule has 8 rings (SSSR count). The summed E-state index contributed by atoms with van der Waals surface area (Å²) in [7, 11) is 1.81. The number of nitrogens with one attached hydrogen (secondary N) is 1. The molecule has 218 valence electrons. The standard InChI is InChI=1S/C28H33N11O3/c1-30-20-7-19(20)15-42-27-33-24(25(40)35-28-9-17(10-28)11-28)32-26(34-27)39-5-3-16(4-6-39)14-41-22-8-18(12-31-23(22)29)21-13-38(2)37-36-21/h1,8,12-13,16-17,19-20H,3-7,9-11,14-15H2,2H3,(H2-,29,31,35,40)/p+1/t17?,19-,20-,28?/m1/s1. The fourth-order valence-corrected chi connectivity index (χ4v) is 6.05. The summed E-state index contributed by atoms with van der Waals surface area (Å²) in [6.45, 7) is 7.71. The van der Waals surface area contributed by atoms with Gasteiger partial charge in [0.25, 0.3) is 18.5 Å². The Bertz CT molecular complexity index is 1530. The van der Waals surface area contributed by atoms with E-state index < -0.39 is 0 Å². The second-order valence-electron chi connectivity index (χ2n) is 12.1. The van der Waals surface area contributed by atoms with E-state index in [1.54, 1.807) is 10.9 Å². The van der Waals surface area contributed by atoms with Crippen LogP contribution in [0.25, 0.3) is 16.1 Å². The number of piperidine rings is 1. The van der Waals surface area contributed by atoms with E-state index in [9.17, 15) is 4.79 Å². The molecule has 1 aliphatic heterocycles. The van der Waals surface area contributed by atoms with Crippen molar-refractivity contribution < 1.29 is 14.3 Å². The molecular formula is C28H34N11O3+. The molecule has 0 spiro atoms. The van der Waals surface area contributed by atoms with Gasteiger partial charge in [0.15, 0.2) is 11.6 Å². The van der Waals surface area contributed by atoms with Gasteiger partial charge >= 0.3 is 6.01 Å². The van der Waals surface area contributed by atoms with Crippen LogP contribution in [-0.4, -0.2) is 78.7 Å². The minimum absolute atomic E-state index is 0.0787. The topological polar surface area (TPSA) is 163 Å². The van der Waals surface area contributed by atoms with Crippen LogP contribution in [0.3, 0.4) is 0 Å². The van der Waals surface area contributed by atoms with Gasteiger partial charge in [-0.2, -0.15) is 15.0 Å². The van der Waals surface area contributed by atoms with Crippen molar-refractivity contribution in [2.45, 2.75) is 50.1 Å². The molecule has 14 heteroatoms. The van der Waals surface area contributed by atoms with E-state index in [0.29, 0.717) is 55.4 Å². The summed E-state index contributed by atoms with van der Waals surface area (Å²) in [6.07, 6.45) is 9.17. The van der Waals surface area contributed by atoms with Crippen LogP contribution in [0.15, 0.2) is 18.5 Å². The Kier molecular flexibility index (Phi) is 6.52. The Hall–Kier alpha value is -4.54. The summed E-state index contributed by atoms with van der Waals surface area (Å²) < 4.78 is 13.6. The Morgan fingerprint density at radius 3 is 2.67 bits per heavy atom. The van der Waals surface area contributed by atoms with Gasteiger partial charge in [0.2, 0.25) is 11.8 Å². The Labute approximate surface area is 242 Å². The molecule has 42 heavy (non-hydrogen) atoms. The number of nitrogen functional groups attached to an aromatic ring is 1. The van der Waals surface area contributed by atoms with E-state index in [4.69, 9.17) is 21.8 Å². The highest BCUT2D eigenvalue weighted by atomic mass is 16.5. The molecule has 5 aliphatic rings. The smallest absolute Gasteiger partial charge is 0.321 e. The summed E-state index contributed by atoms with van der Waals surface area (Å²) in [5.74, 6) is 2.42. The zero-order chi connectivity index (χ0) is 28.8. The van der Waals surface area contributed by atoms with Crippen molar-refractivity contribution in [1.29, 1.82) is 0 Å². The summed E-state index contributed by atoms with van der Waals surface area (Å²) in [6, 6.07) is 2.11. The molecule has 2 atom stereocenters. The molecule has 4 heterocycles.